The zero-order chi connectivity index (χ0) is 21.3. The van der Waals surface area contributed by atoms with Crippen LogP contribution in [0.25, 0.3) is 11.3 Å². The molecule has 152 valence electrons. The number of aromatic amines is 1. The van der Waals surface area contributed by atoms with Gasteiger partial charge in [-0.2, -0.15) is 10.2 Å². The van der Waals surface area contributed by atoms with Gasteiger partial charge in [0.2, 0.25) is 0 Å². The van der Waals surface area contributed by atoms with Crippen molar-refractivity contribution in [1.29, 1.82) is 0 Å². The second kappa shape index (κ2) is 8.70. The number of nitrogens with one attached hydrogen (secondary N) is 2. The summed E-state index contributed by atoms with van der Waals surface area (Å²) in [6, 6.07) is 13.6. The molecule has 0 unspecified atom stereocenters. The Morgan fingerprint density at radius 3 is 2.50 bits per heavy atom. The van der Waals surface area contributed by atoms with Crippen LogP contribution in [0.2, 0.25) is 20.1 Å². The van der Waals surface area contributed by atoms with E-state index in [2.05, 4.69) is 20.6 Å². The number of halogens is 4. The summed E-state index contributed by atoms with van der Waals surface area (Å²) >= 11 is 24.5. The molecule has 6 nitrogen and oxygen atoms in total. The van der Waals surface area contributed by atoms with Crippen LogP contribution in [0.3, 0.4) is 0 Å². The van der Waals surface area contributed by atoms with Crippen LogP contribution in [0.1, 0.15) is 16.1 Å². The number of amides is 1. The second-order valence-electron chi connectivity index (χ2n) is 6.34. The molecule has 0 saturated heterocycles. The molecule has 10 heteroatoms. The number of aromatic nitrogens is 4. The van der Waals surface area contributed by atoms with Gasteiger partial charge < -0.3 is 5.32 Å². The van der Waals surface area contributed by atoms with Gasteiger partial charge in [0.05, 0.1) is 17.3 Å². The fourth-order valence-corrected chi connectivity index (χ4v) is 3.84. The van der Waals surface area contributed by atoms with Crippen LogP contribution in [0.4, 0.5) is 5.82 Å². The number of hydrogen-bond donors (Lipinski definition) is 2. The summed E-state index contributed by atoms with van der Waals surface area (Å²) in [5.41, 5.74) is 2.21. The molecule has 2 heterocycles. The lowest BCUT2D eigenvalue weighted by Crippen LogP contribution is -2.13. The summed E-state index contributed by atoms with van der Waals surface area (Å²) in [5.74, 6) is -0.0105. The minimum atomic E-state index is -0.389. The fraction of sp³-hybridized carbons (Fsp3) is 0.0500. The SMILES string of the molecule is O=C(Nc1ccn(Cc2c(Cl)cccc2Cl)n1)c1cc(-c2ccc(Cl)cc2Cl)n[nH]1. The lowest BCUT2D eigenvalue weighted by molar-refractivity contribution is 0.102. The molecule has 0 atom stereocenters. The van der Waals surface area contributed by atoms with Crippen molar-refractivity contribution >= 4 is 58.1 Å². The standard InChI is InChI=1S/C20H13Cl4N5O/c21-11-4-5-12(16(24)8-11)17-9-18(27-26-17)20(30)25-19-6-7-29(28-19)10-13-14(22)2-1-3-15(13)23/h1-9H,10H2,(H,26,27)(H,25,28,30). The van der Waals surface area contributed by atoms with Crippen molar-refractivity contribution in [3.05, 3.63) is 86.1 Å². The number of benzene rings is 2. The summed E-state index contributed by atoms with van der Waals surface area (Å²) in [4.78, 5) is 12.5. The highest BCUT2D eigenvalue weighted by atomic mass is 35.5. The van der Waals surface area contributed by atoms with E-state index in [1.807, 2.05) is 0 Å². The lowest BCUT2D eigenvalue weighted by Gasteiger charge is -2.06. The largest absolute Gasteiger partial charge is 0.304 e. The molecule has 0 radical (unpaired) electrons. The highest BCUT2D eigenvalue weighted by Crippen LogP contribution is 2.29. The van der Waals surface area contributed by atoms with E-state index in [-0.39, 0.29) is 11.6 Å². The van der Waals surface area contributed by atoms with Gasteiger partial charge in [-0.15, -0.1) is 0 Å². The van der Waals surface area contributed by atoms with Crippen LogP contribution in [0.5, 0.6) is 0 Å². The third kappa shape index (κ3) is 4.47. The Labute approximate surface area is 191 Å². The van der Waals surface area contributed by atoms with E-state index in [0.29, 0.717) is 43.7 Å². The van der Waals surface area contributed by atoms with Crippen molar-refractivity contribution in [3.63, 3.8) is 0 Å². The Morgan fingerprint density at radius 2 is 1.77 bits per heavy atom. The van der Waals surface area contributed by atoms with Crippen molar-refractivity contribution in [2.45, 2.75) is 6.54 Å². The molecule has 2 aromatic heterocycles. The van der Waals surface area contributed by atoms with E-state index in [9.17, 15) is 4.79 Å². The van der Waals surface area contributed by atoms with Crippen molar-refractivity contribution in [3.8, 4) is 11.3 Å². The van der Waals surface area contributed by atoms with Crippen LogP contribution in [0.15, 0.2) is 54.7 Å². The Bertz CT molecular complexity index is 1210. The molecule has 0 aliphatic carbocycles. The van der Waals surface area contributed by atoms with E-state index in [1.54, 1.807) is 59.4 Å². The maximum atomic E-state index is 12.5. The number of carbonyl (C=O) groups excluding carboxylic acids is 1. The molecular weight excluding hydrogens is 468 g/mol. The maximum Gasteiger partial charge on any atom is 0.274 e. The zero-order valence-electron chi connectivity index (χ0n) is 15.2. The number of nitrogens with zero attached hydrogens (tertiary/aromatic N) is 3. The van der Waals surface area contributed by atoms with E-state index in [4.69, 9.17) is 46.4 Å². The van der Waals surface area contributed by atoms with Gasteiger partial charge in [-0.1, -0.05) is 52.5 Å². The molecule has 4 rings (SSSR count). The normalized spacial score (nSPS) is 10.9. The average molecular weight is 481 g/mol. The van der Waals surface area contributed by atoms with Gasteiger partial charge in [-0.3, -0.25) is 14.6 Å². The van der Waals surface area contributed by atoms with Crippen LogP contribution >= 0.6 is 46.4 Å². The zero-order valence-corrected chi connectivity index (χ0v) is 18.2. The molecular formula is C20H13Cl4N5O. The first kappa shape index (κ1) is 20.8. The number of anilines is 1. The van der Waals surface area contributed by atoms with Gasteiger partial charge in [0.1, 0.15) is 5.69 Å². The Morgan fingerprint density at radius 1 is 1.00 bits per heavy atom. The third-order valence-corrected chi connectivity index (χ3v) is 5.55. The predicted molar refractivity (Wildman–Crippen MR) is 120 cm³/mol. The average Bonchev–Trinajstić information content (AvgIpc) is 3.35. The molecule has 0 spiro atoms. The lowest BCUT2D eigenvalue weighted by atomic mass is 10.1. The molecule has 0 saturated carbocycles. The number of hydrogen-bond acceptors (Lipinski definition) is 3. The van der Waals surface area contributed by atoms with Gasteiger partial charge in [0, 0.05) is 38.5 Å². The first-order chi connectivity index (χ1) is 14.4. The summed E-state index contributed by atoms with van der Waals surface area (Å²) in [5, 5.41) is 16.0. The molecule has 0 fully saturated rings. The fourth-order valence-electron chi connectivity index (χ4n) is 2.82. The Hall–Kier alpha value is -2.51. The van der Waals surface area contributed by atoms with Crippen LogP contribution in [-0.2, 0) is 6.54 Å². The van der Waals surface area contributed by atoms with Crippen molar-refractivity contribution in [2.75, 3.05) is 5.32 Å². The third-order valence-electron chi connectivity index (χ3n) is 4.29. The summed E-state index contributed by atoms with van der Waals surface area (Å²) in [7, 11) is 0. The predicted octanol–water partition coefficient (Wildman–Crippen LogP) is 6.19. The molecule has 2 N–H and O–H groups in total. The van der Waals surface area contributed by atoms with Gasteiger partial charge in [-0.05, 0) is 36.4 Å². The molecule has 30 heavy (non-hydrogen) atoms. The second-order valence-corrected chi connectivity index (χ2v) is 8.00. The van der Waals surface area contributed by atoms with Crippen molar-refractivity contribution in [1.82, 2.24) is 20.0 Å². The number of H-pyrrole nitrogens is 1. The van der Waals surface area contributed by atoms with Crippen LogP contribution < -0.4 is 5.32 Å². The molecule has 2 aromatic carbocycles. The van der Waals surface area contributed by atoms with Gasteiger partial charge in [0.15, 0.2) is 5.82 Å². The molecule has 0 aliphatic heterocycles. The van der Waals surface area contributed by atoms with Crippen molar-refractivity contribution < 1.29 is 4.79 Å². The van der Waals surface area contributed by atoms with Crippen LogP contribution in [-0.4, -0.2) is 25.9 Å². The molecule has 0 bridgehead atoms. The summed E-state index contributed by atoms with van der Waals surface area (Å²) in [6.45, 7) is 0.373. The highest BCUT2D eigenvalue weighted by molar-refractivity contribution is 6.36. The van der Waals surface area contributed by atoms with E-state index >= 15 is 0 Å². The molecule has 1 amide bonds. The van der Waals surface area contributed by atoms with Crippen LogP contribution in [0, 0.1) is 0 Å². The molecule has 0 aliphatic rings. The smallest absolute Gasteiger partial charge is 0.274 e. The van der Waals surface area contributed by atoms with E-state index < -0.39 is 0 Å². The topological polar surface area (TPSA) is 75.6 Å². The van der Waals surface area contributed by atoms with Gasteiger partial charge >= 0.3 is 0 Å². The first-order valence-electron chi connectivity index (χ1n) is 8.69. The number of rotatable bonds is 5. The Kier molecular flexibility index (Phi) is 6.01. The minimum absolute atomic E-state index is 0.264. The summed E-state index contributed by atoms with van der Waals surface area (Å²) < 4.78 is 1.63. The number of carbonyl (C=O) groups is 1. The monoisotopic (exact) mass is 479 g/mol. The first-order valence-corrected chi connectivity index (χ1v) is 10.2. The molecule has 4 aromatic rings. The van der Waals surface area contributed by atoms with E-state index in [0.717, 1.165) is 5.56 Å². The van der Waals surface area contributed by atoms with E-state index in [1.165, 1.54) is 0 Å². The minimum Gasteiger partial charge on any atom is -0.304 e. The van der Waals surface area contributed by atoms with Gasteiger partial charge in [-0.25, -0.2) is 0 Å². The summed E-state index contributed by atoms with van der Waals surface area (Å²) in [6.07, 6.45) is 1.72. The van der Waals surface area contributed by atoms with Crippen molar-refractivity contribution in [2.24, 2.45) is 0 Å². The highest BCUT2D eigenvalue weighted by Gasteiger charge is 2.15. The quantitative estimate of drug-likeness (QED) is 0.357. The van der Waals surface area contributed by atoms with Gasteiger partial charge in [0.25, 0.3) is 5.91 Å². The Balaban J connectivity index is 1.47. The maximum absolute atomic E-state index is 12.5.